The lowest BCUT2D eigenvalue weighted by Crippen LogP contribution is -2.41. The molecule has 1 rings (SSSR count). The average molecular weight is 278 g/mol. The highest BCUT2D eigenvalue weighted by molar-refractivity contribution is 6.32. The van der Waals surface area contributed by atoms with E-state index in [1.165, 1.54) is 13.2 Å². The minimum absolute atomic E-state index is 0.0246. The summed E-state index contributed by atoms with van der Waals surface area (Å²) in [6.07, 6.45) is 0.530. The first kappa shape index (κ1) is 14.2. The predicted molar refractivity (Wildman–Crippen MR) is 66.4 cm³/mol. The highest BCUT2D eigenvalue weighted by Crippen LogP contribution is 2.19. The van der Waals surface area contributed by atoms with Gasteiger partial charge in [-0.3, -0.25) is 4.79 Å². The molecule has 1 aromatic heterocycles. The zero-order valence-corrected chi connectivity index (χ0v) is 11.3. The van der Waals surface area contributed by atoms with E-state index in [9.17, 15) is 4.79 Å². The third-order valence-corrected chi connectivity index (χ3v) is 2.88. The van der Waals surface area contributed by atoms with Crippen molar-refractivity contribution in [3.63, 3.8) is 0 Å². The molecule has 1 amide bonds. The van der Waals surface area contributed by atoms with Crippen molar-refractivity contribution in [3.8, 4) is 0 Å². The van der Waals surface area contributed by atoms with E-state index >= 15 is 0 Å². The summed E-state index contributed by atoms with van der Waals surface area (Å²) in [6.45, 7) is 3.54. The van der Waals surface area contributed by atoms with Crippen molar-refractivity contribution in [2.24, 2.45) is 0 Å². The normalized spacial score (nSPS) is 14.2. The lowest BCUT2D eigenvalue weighted by molar-refractivity contribution is -0.136. The van der Waals surface area contributed by atoms with Crippen LogP contribution in [0.5, 0.6) is 0 Å². The topological polar surface area (TPSA) is 64.1 Å². The Morgan fingerprint density at radius 3 is 2.65 bits per heavy atom. The molecule has 1 unspecified atom stereocenters. The molecule has 1 atom stereocenters. The molecule has 1 aromatic rings. The quantitative estimate of drug-likeness (QED) is 0.679. The number of nitrogens with zero attached hydrogens (tertiary/aromatic N) is 2. The Morgan fingerprint density at radius 2 is 2.18 bits per heavy atom. The van der Waals surface area contributed by atoms with Crippen LogP contribution in [0.25, 0.3) is 0 Å². The molecule has 0 saturated heterocycles. The number of hydrogen-bond acceptors (Lipinski definition) is 4. The Bertz CT molecular complexity index is 402. The molecule has 0 aromatic carbocycles. The van der Waals surface area contributed by atoms with Gasteiger partial charge in [0.15, 0.2) is 0 Å². The molecular weight excluding hydrogens is 265 g/mol. The second kappa shape index (κ2) is 5.62. The van der Waals surface area contributed by atoms with Gasteiger partial charge in [-0.1, -0.05) is 18.5 Å². The van der Waals surface area contributed by atoms with E-state index < -0.39 is 5.60 Å². The van der Waals surface area contributed by atoms with Crippen LogP contribution in [0.4, 0.5) is 5.82 Å². The highest BCUT2D eigenvalue weighted by atomic mass is 35.5. The van der Waals surface area contributed by atoms with Gasteiger partial charge in [0.25, 0.3) is 5.91 Å². The number of carbonyl (C=O) groups is 1. The van der Waals surface area contributed by atoms with Crippen molar-refractivity contribution in [1.29, 1.82) is 0 Å². The molecule has 0 fully saturated rings. The fourth-order valence-corrected chi connectivity index (χ4v) is 1.51. The Kier molecular flexibility index (Phi) is 4.68. The van der Waals surface area contributed by atoms with Crippen LogP contribution in [0.1, 0.15) is 20.3 Å². The minimum atomic E-state index is -0.913. The molecule has 0 bridgehead atoms. The van der Waals surface area contributed by atoms with Gasteiger partial charge in [0.2, 0.25) is 5.28 Å². The van der Waals surface area contributed by atoms with Gasteiger partial charge >= 0.3 is 0 Å². The number of nitrogens with one attached hydrogen (secondary N) is 1. The maximum absolute atomic E-state index is 11.9. The molecule has 0 aliphatic rings. The number of anilines is 1. The van der Waals surface area contributed by atoms with Gasteiger partial charge in [0.1, 0.15) is 16.6 Å². The van der Waals surface area contributed by atoms with Gasteiger partial charge in [-0.15, -0.1) is 0 Å². The van der Waals surface area contributed by atoms with Gasteiger partial charge in [0, 0.05) is 13.2 Å². The van der Waals surface area contributed by atoms with E-state index in [1.807, 2.05) is 6.92 Å². The highest BCUT2D eigenvalue weighted by Gasteiger charge is 2.31. The van der Waals surface area contributed by atoms with E-state index in [1.54, 1.807) is 6.92 Å². The molecule has 0 aliphatic carbocycles. The first-order valence-corrected chi connectivity index (χ1v) is 5.73. The van der Waals surface area contributed by atoms with Gasteiger partial charge in [-0.2, -0.15) is 0 Å². The largest absolute Gasteiger partial charge is 0.369 e. The number of rotatable bonds is 4. The van der Waals surface area contributed by atoms with E-state index in [0.29, 0.717) is 6.42 Å². The summed E-state index contributed by atoms with van der Waals surface area (Å²) in [5.74, 6) is -0.0648. The number of aromatic nitrogens is 2. The van der Waals surface area contributed by atoms with Crippen molar-refractivity contribution in [1.82, 2.24) is 9.97 Å². The van der Waals surface area contributed by atoms with Crippen LogP contribution in [0.3, 0.4) is 0 Å². The van der Waals surface area contributed by atoms with Crippen LogP contribution >= 0.6 is 23.2 Å². The molecule has 1 heterocycles. The Labute approximate surface area is 109 Å². The molecule has 0 spiro atoms. The molecule has 17 heavy (non-hydrogen) atoms. The smallest absolute Gasteiger partial charge is 0.257 e. The van der Waals surface area contributed by atoms with Crippen LogP contribution in [0, 0.1) is 0 Å². The molecule has 94 valence electrons. The van der Waals surface area contributed by atoms with Gasteiger partial charge in [-0.05, 0) is 24.9 Å². The Morgan fingerprint density at radius 1 is 1.53 bits per heavy atom. The fourth-order valence-electron chi connectivity index (χ4n) is 1.10. The van der Waals surface area contributed by atoms with Gasteiger partial charge in [0.05, 0.1) is 0 Å². The van der Waals surface area contributed by atoms with Gasteiger partial charge < -0.3 is 10.1 Å². The van der Waals surface area contributed by atoms with E-state index in [2.05, 4.69) is 15.3 Å². The molecular formula is C10H13Cl2N3O2. The molecule has 5 nitrogen and oxygen atoms in total. The van der Waals surface area contributed by atoms with E-state index in [0.717, 1.165) is 0 Å². The molecule has 1 N–H and O–H groups in total. The summed E-state index contributed by atoms with van der Waals surface area (Å²) in [5, 5.41) is 2.72. The van der Waals surface area contributed by atoms with Crippen molar-refractivity contribution in [2.45, 2.75) is 25.9 Å². The number of carbonyl (C=O) groups excluding carboxylic acids is 1. The SMILES string of the molecule is CCC(C)(OC)C(=O)Nc1cc(Cl)nc(Cl)n1. The third-order valence-electron chi connectivity index (χ3n) is 2.51. The van der Waals surface area contributed by atoms with Crippen LogP contribution < -0.4 is 5.32 Å². The number of amides is 1. The first-order valence-electron chi connectivity index (χ1n) is 4.98. The second-order valence-electron chi connectivity index (χ2n) is 3.59. The van der Waals surface area contributed by atoms with Crippen LogP contribution in [-0.2, 0) is 9.53 Å². The lowest BCUT2D eigenvalue weighted by atomic mass is 10.0. The molecule has 0 aliphatic heterocycles. The monoisotopic (exact) mass is 277 g/mol. The van der Waals surface area contributed by atoms with E-state index in [-0.39, 0.29) is 22.2 Å². The van der Waals surface area contributed by atoms with Crippen molar-refractivity contribution in [2.75, 3.05) is 12.4 Å². The summed E-state index contributed by atoms with van der Waals surface area (Å²) in [5.41, 5.74) is -0.913. The number of ether oxygens (including phenoxy) is 1. The summed E-state index contributed by atoms with van der Waals surface area (Å²) < 4.78 is 5.16. The Hall–Kier alpha value is -0.910. The van der Waals surface area contributed by atoms with Crippen molar-refractivity contribution in [3.05, 3.63) is 16.5 Å². The average Bonchev–Trinajstić information content (AvgIpc) is 2.26. The number of methoxy groups -OCH3 is 1. The fraction of sp³-hybridized carbons (Fsp3) is 0.500. The summed E-state index contributed by atoms with van der Waals surface area (Å²) in [6, 6.07) is 1.41. The van der Waals surface area contributed by atoms with Crippen molar-refractivity contribution < 1.29 is 9.53 Å². The third kappa shape index (κ3) is 3.52. The predicted octanol–water partition coefficient (Wildman–Crippen LogP) is 2.54. The maximum Gasteiger partial charge on any atom is 0.257 e. The van der Waals surface area contributed by atoms with Crippen LogP contribution in [0.2, 0.25) is 10.4 Å². The summed E-state index contributed by atoms with van der Waals surface area (Å²) in [7, 11) is 1.48. The zero-order valence-electron chi connectivity index (χ0n) is 9.75. The standard InChI is InChI=1S/C10H13Cl2N3O2/c1-4-10(2,17-3)8(16)14-7-5-6(11)13-9(12)15-7/h5H,4H2,1-3H3,(H,13,14,15,16). The molecule has 7 heteroatoms. The van der Waals surface area contributed by atoms with Crippen LogP contribution in [0.15, 0.2) is 6.07 Å². The molecule has 0 radical (unpaired) electrons. The number of halogens is 2. The molecule has 0 saturated carbocycles. The second-order valence-corrected chi connectivity index (χ2v) is 4.31. The summed E-state index contributed by atoms with van der Waals surface area (Å²) >= 11 is 11.3. The van der Waals surface area contributed by atoms with Gasteiger partial charge in [-0.25, -0.2) is 9.97 Å². The zero-order chi connectivity index (χ0) is 13.1. The lowest BCUT2D eigenvalue weighted by Gasteiger charge is -2.24. The van der Waals surface area contributed by atoms with Crippen molar-refractivity contribution >= 4 is 34.9 Å². The maximum atomic E-state index is 11.9. The Balaban J connectivity index is 2.87. The van der Waals surface area contributed by atoms with E-state index in [4.69, 9.17) is 27.9 Å². The first-order chi connectivity index (χ1) is 7.91. The van der Waals surface area contributed by atoms with Crippen LogP contribution in [-0.4, -0.2) is 28.6 Å². The minimum Gasteiger partial charge on any atom is -0.369 e. The number of hydrogen-bond donors (Lipinski definition) is 1. The summed E-state index contributed by atoms with van der Waals surface area (Å²) in [4.78, 5) is 19.5.